The molecule has 0 aromatic heterocycles. The van der Waals surface area contributed by atoms with Crippen molar-refractivity contribution in [2.24, 2.45) is 0 Å². The lowest BCUT2D eigenvalue weighted by atomic mass is 10.1. The molecule has 0 radical (unpaired) electrons. The number of hydrogen-bond donors (Lipinski definition) is 0. The molecule has 4 heteroatoms. The molecular formula is C46H86N2O2. The number of unbranched alkanes of at least 4 members (excludes halogenated alkanes) is 18. The molecule has 2 atom stereocenters. The third kappa shape index (κ3) is 31.5. The summed E-state index contributed by atoms with van der Waals surface area (Å²) >= 11 is 0. The highest BCUT2D eigenvalue weighted by molar-refractivity contribution is 4.93. The Morgan fingerprint density at radius 2 is 1.04 bits per heavy atom. The fourth-order valence-electron chi connectivity index (χ4n) is 6.73. The van der Waals surface area contributed by atoms with E-state index < -0.39 is 0 Å². The van der Waals surface area contributed by atoms with Gasteiger partial charge in [0.1, 0.15) is 0 Å². The molecule has 0 amide bonds. The van der Waals surface area contributed by atoms with Gasteiger partial charge in [-0.2, -0.15) is 0 Å². The van der Waals surface area contributed by atoms with Crippen LogP contribution < -0.4 is 0 Å². The molecular weight excluding hydrogens is 613 g/mol. The van der Waals surface area contributed by atoms with E-state index in [9.17, 15) is 0 Å². The van der Waals surface area contributed by atoms with Crippen LogP contribution in [0.25, 0.3) is 0 Å². The maximum absolute atomic E-state index is 6.44. The Hall–Kier alpha value is -1.20. The second kappa shape index (κ2) is 37.6. The molecule has 0 spiro atoms. The number of likely N-dealkylation sites (N-methyl/N-ethyl adjacent to an activating group) is 1. The molecule has 1 heterocycles. The lowest BCUT2D eigenvalue weighted by Gasteiger charge is -2.23. The van der Waals surface area contributed by atoms with Gasteiger partial charge >= 0.3 is 0 Å². The smallest absolute Gasteiger partial charge is 0.0820 e. The SMILES string of the molecule is CCCCCC=CCC=CCCCCCCCCOCC(CCN1CCC(N(C)C)C1)OCCCCCCCCC=CCC=CCCCCC. The van der Waals surface area contributed by atoms with E-state index in [0.717, 1.165) is 45.6 Å². The second-order valence-electron chi connectivity index (χ2n) is 15.2. The first-order valence-corrected chi connectivity index (χ1v) is 21.8. The lowest BCUT2D eigenvalue weighted by molar-refractivity contribution is -0.0257. The van der Waals surface area contributed by atoms with Crippen LogP contribution in [0.5, 0.6) is 0 Å². The zero-order valence-corrected chi connectivity index (χ0v) is 34.1. The summed E-state index contributed by atoms with van der Waals surface area (Å²) < 4.78 is 12.6. The molecule has 0 bridgehead atoms. The Morgan fingerprint density at radius 1 is 0.580 bits per heavy atom. The molecule has 0 aromatic carbocycles. The largest absolute Gasteiger partial charge is 0.379 e. The van der Waals surface area contributed by atoms with Crippen molar-refractivity contribution in [1.29, 1.82) is 0 Å². The van der Waals surface area contributed by atoms with E-state index in [4.69, 9.17) is 9.47 Å². The van der Waals surface area contributed by atoms with Crippen LogP contribution in [0.15, 0.2) is 48.6 Å². The van der Waals surface area contributed by atoms with E-state index >= 15 is 0 Å². The molecule has 4 nitrogen and oxygen atoms in total. The number of nitrogens with zero attached hydrogens (tertiary/aromatic N) is 2. The first-order chi connectivity index (χ1) is 24.7. The first kappa shape index (κ1) is 46.8. The van der Waals surface area contributed by atoms with Gasteiger partial charge in [-0.15, -0.1) is 0 Å². The van der Waals surface area contributed by atoms with Crippen molar-refractivity contribution in [3.8, 4) is 0 Å². The van der Waals surface area contributed by atoms with Crippen LogP contribution in [0.4, 0.5) is 0 Å². The van der Waals surface area contributed by atoms with Gasteiger partial charge < -0.3 is 19.3 Å². The summed E-state index contributed by atoms with van der Waals surface area (Å²) in [5.74, 6) is 0. The number of hydrogen-bond acceptors (Lipinski definition) is 4. The minimum Gasteiger partial charge on any atom is -0.379 e. The summed E-state index contributed by atoms with van der Waals surface area (Å²) in [5, 5.41) is 0. The number of ether oxygens (including phenoxy) is 2. The minimum absolute atomic E-state index is 0.232. The van der Waals surface area contributed by atoms with Gasteiger partial charge in [0.2, 0.25) is 0 Å². The summed E-state index contributed by atoms with van der Waals surface area (Å²) in [6.07, 6.45) is 52.3. The minimum atomic E-state index is 0.232. The molecule has 1 aliphatic rings. The second-order valence-corrected chi connectivity index (χ2v) is 15.2. The summed E-state index contributed by atoms with van der Waals surface area (Å²) in [6, 6.07) is 0.702. The standard InChI is InChI=1S/C46H86N2O2/c1-5-7-9-11-13-15-17-19-21-23-25-27-29-31-33-35-41-49-44-46(38-40-48-39-37-45(43-48)47(3)4)50-42-36-34-32-30-28-26-24-22-20-18-16-14-12-10-8-6-2/h13-16,19-22,45-46H,5-12,17-18,23-44H2,1-4H3. The van der Waals surface area contributed by atoms with E-state index in [1.165, 1.54) is 161 Å². The third-order valence-corrected chi connectivity index (χ3v) is 10.2. The van der Waals surface area contributed by atoms with Gasteiger partial charge in [0, 0.05) is 32.3 Å². The molecule has 2 unspecified atom stereocenters. The zero-order chi connectivity index (χ0) is 36.0. The van der Waals surface area contributed by atoms with Crippen LogP contribution >= 0.6 is 0 Å². The molecule has 1 aliphatic heterocycles. The van der Waals surface area contributed by atoms with Crippen LogP contribution in [0, 0.1) is 0 Å². The van der Waals surface area contributed by atoms with E-state index in [-0.39, 0.29) is 6.10 Å². The van der Waals surface area contributed by atoms with Gasteiger partial charge in [-0.05, 0) is 111 Å². The summed E-state index contributed by atoms with van der Waals surface area (Å²) in [4.78, 5) is 5.01. The molecule has 0 saturated carbocycles. The molecule has 292 valence electrons. The van der Waals surface area contributed by atoms with Crippen molar-refractivity contribution in [2.45, 2.75) is 193 Å². The van der Waals surface area contributed by atoms with Crippen LogP contribution in [-0.2, 0) is 9.47 Å². The van der Waals surface area contributed by atoms with Crippen molar-refractivity contribution < 1.29 is 9.47 Å². The third-order valence-electron chi connectivity index (χ3n) is 10.2. The molecule has 0 aliphatic carbocycles. The fourth-order valence-corrected chi connectivity index (χ4v) is 6.73. The van der Waals surface area contributed by atoms with E-state index in [2.05, 4.69) is 86.4 Å². The Balaban J connectivity index is 2.10. The van der Waals surface area contributed by atoms with Crippen molar-refractivity contribution in [2.75, 3.05) is 53.6 Å². The fraction of sp³-hybridized carbons (Fsp3) is 0.826. The van der Waals surface area contributed by atoms with Gasteiger partial charge in [-0.1, -0.05) is 140 Å². The van der Waals surface area contributed by atoms with Gasteiger partial charge in [-0.25, -0.2) is 0 Å². The number of likely N-dealkylation sites (tertiary alicyclic amines) is 1. The van der Waals surface area contributed by atoms with E-state index in [1.54, 1.807) is 0 Å². The van der Waals surface area contributed by atoms with Gasteiger partial charge in [0.25, 0.3) is 0 Å². The van der Waals surface area contributed by atoms with Gasteiger partial charge in [0.05, 0.1) is 12.7 Å². The predicted octanol–water partition coefficient (Wildman–Crippen LogP) is 13.0. The number of allylic oxidation sites excluding steroid dienone is 8. The Kier molecular flexibility index (Phi) is 35.2. The van der Waals surface area contributed by atoms with Crippen molar-refractivity contribution in [1.82, 2.24) is 9.80 Å². The topological polar surface area (TPSA) is 24.9 Å². The first-order valence-electron chi connectivity index (χ1n) is 21.8. The highest BCUT2D eigenvalue weighted by atomic mass is 16.5. The maximum atomic E-state index is 6.44. The molecule has 50 heavy (non-hydrogen) atoms. The van der Waals surface area contributed by atoms with Gasteiger partial charge in [-0.3, -0.25) is 0 Å². The molecule has 0 aromatic rings. The highest BCUT2D eigenvalue weighted by Crippen LogP contribution is 2.16. The Bertz CT molecular complexity index is 804. The summed E-state index contributed by atoms with van der Waals surface area (Å²) in [6.45, 7) is 10.6. The normalized spacial score (nSPS) is 16.5. The van der Waals surface area contributed by atoms with Crippen LogP contribution in [0.1, 0.15) is 181 Å². The molecule has 0 N–H and O–H groups in total. The highest BCUT2D eigenvalue weighted by Gasteiger charge is 2.24. The van der Waals surface area contributed by atoms with Crippen LogP contribution in [0.3, 0.4) is 0 Å². The van der Waals surface area contributed by atoms with Crippen LogP contribution in [-0.4, -0.2) is 75.5 Å². The number of rotatable bonds is 37. The predicted molar refractivity (Wildman–Crippen MR) is 222 cm³/mol. The van der Waals surface area contributed by atoms with E-state index in [0.29, 0.717) is 6.04 Å². The van der Waals surface area contributed by atoms with Crippen LogP contribution in [0.2, 0.25) is 0 Å². The average Bonchev–Trinajstić information content (AvgIpc) is 3.60. The van der Waals surface area contributed by atoms with Crippen molar-refractivity contribution in [3.63, 3.8) is 0 Å². The Morgan fingerprint density at radius 3 is 1.52 bits per heavy atom. The lowest BCUT2D eigenvalue weighted by Crippen LogP contribution is -2.33. The quantitative estimate of drug-likeness (QED) is 0.0476. The van der Waals surface area contributed by atoms with Gasteiger partial charge in [0.15, 0.2) is 0 Å². The Labute approximate surface area is 313 Å². The average molecular weight is 699 g/mol. The summed E-state index contributed by atoms with van der Waals surface area (Å²) in [5.41, 5.74) is 0. The maximum Gasteiger partial charge on any atom is 0.0820 e. The van der Waals surface area contributed by atoms with Crippen molar-refractivity contribution in [3.05, 3.63) is 48.6 Å². The van der Waals surface area contributed by atoms with E-state index in [1.807, 2.05) is 0 Å². The van der Waals surface area contributed by atoms with Crippen molar-refractivity contribution >= 4 is 0 Å². The molecule has 1 fully saturated rings. The molecule has 1 rings (SSSR count). The summed E-state index contributed by atoms with van der Waals surface area (Å²) in [7, 11) is 4.43. The monoisotopic (exact) mass is 699 g/mol. The molecule has 1 saturated heterocycles. The zero-order valence-electron chi connectivity index (χ0n) is 34.1.